The molecule has 0 bridgehead atoms. The summed E-state index contributed by atoms with van der Waals surface area (Å²) in [6.45, 7) is 5.50. The molecule has 0 aliphatic carbocycles. The van der Waals surface area contributed by atoms with Crippen LogP contribution in [-0.4, -0.2) is 11.7 Å². The summed E-state index contributed by atoms with van der Waals surface area (Å²) in [5.41, 5.74) is 2.00. The van der Waals surface area contributed by atoms with E-state index in [1.807, 2.05) is 81.4 Å². The molecule has 1 amide bonds. The fourth-order valence-electron chi connectivity index (χ4n) is 1.84. The van der Waals surface area contributed by atoms with E-state index in [2.05, 4.69) is 11.4 Å². The van der Waals surface area contributed by atoms with Crippen molar-refractivity contribution < 1.29 is 9.53 Å². The average Bonchev–Trinajstić information content (AvgIpc) is 2.45. The lowest BCUT2D eigenvalue weighted by molar-refractivity contribution is 0.0636. The summed E-state index contributed by atoms with van der Waals surface area (Å²) >= 11 is 0. The molecule has 0 saturated heterocycles. The van der Waals surface area contributed by atoms with E-state index < -0.39 is 11.7 Å². The van der Waals surface area contributed by atoms with Crippen LogP contribution in [-0.2, 0) is 4.74 Å². The van der Waals surface area contributed by atoms with Gasteiger partial charge in [0.15, 0.2) is 0 Å². The Morgan fingerprint density at radius 3 is 2.36 bits per heavy atom. The summed E-state index contributed by atoms with van der Waals surface area (Å²) in [6.07, 6.45) is 4.62. The fourth-order valence-corrected chi connectivity index (χ4v) is 1.84. The molecule has 2 aromatic carbocycles. The van der Waals surface area contributed by atoms with Gasteiger partial charge in [-0.25, -0.2) is 4.79 Å². The molecule has 0 heterocycles. The molecule has 2 aromatic rings. The van der Waals surface area contributed by atoms with Crippen molar-refractivity contribution in [2.45, 2.75) is 26.4 Å². The highest BCUT2D eigenvalue weighted by Crippen LogP contribution is 2.18. The zero-order valence-corrected chi connectivity index (χ0v) is 13.1. The number of amides is 1. The summed E-state index contributed by atoms with van der Waals surface area (Å²) in [5, 5.41) is 2.76. The number of carbonyl (C=O) groups excluding carboxylic acids is 1. The van der Waals surface area contributed by atoms with Crippen molar-refractivity contribution in [2.75, 3.05) is 5.32 Å². The van der Waals surface area contributed by atoms with Crippen LogP contribution in [0.25, 0.3) is 6.08 Å². The third kappa shape index (κ3) is 5.09. The summed E-state index contributed by atoms with van der Waals surface area (Å²) < 4.78 is 5.27. The van der Waals surface area contributed by atoms with Crippen molar-refractivity contribution in [3.63, 3.8) is 0 Å². The van der Waals surface area contributed by atoms with Crippen LogP contribution in [0.3, 0.4) is 0 Å². The quantitative estimate of drug-likeness (QED) is 0.818. The largest absolute Gasteiger partial charge is 0.444 e. The molecule has 1 radical (unpaired) electrons. The van der Waals surface area contributed by atoms with Gasteiger partial charge in [-0.15, -0.1) is 0 Å². The number of anilines is 1. The summed E-state index contributed by atoms with van der Waals surface area (Å²) in [4.78, 5) is 11.9. The molecule has 0 unspecified atom stereocenters. The highest BCUT2D eigenvalue weighted by Gasteiger charge is 2.16. The molecule has 0 aliphatic rings. The summed E-state index contributed by atoms with van der Waals surface area (Å²) in [7, 11) is 0. The van der Waals surface area contributed by atoms with Crippen LogP contribution in [0.5, 0.6) is 0 Å². The van der Waals surface area contributed by atoms with Crippen LogP contribution in [0, 0.1) is 6.08 Å². The monoisotopic (exact) mass is 294 g/mol. The predicted molar refractivity (Wildman–Crippen MR) is 89.5 cm³/mol. The van der Waals surface area contributed by atoms with Crippen LogP contribution in [0.4, 0.5) is 10.5 Å². The fraction of sp³-hybridized carbons (Fsp3) is 0.211. The van der Waals surface area contributed by atoms with Crippen LogP contribution in [0.1, 0.15) is 31.9 Å². The highest BCUT2D eigenvalue weighted by atomic mass is 16.6. The molecule has 1 N–H and O–H groups in total. The van der Waals surface area contributed by atoms with Gasteiger partial charge in [0.1, 0.15) is 5.60 Å². The highest BCUT2D eigenvalue weighted by molar-refractivity contribution is 5.86. The van der Waals surface area contributed by atoms with Gasteiger partial charge in [0.2, 0.25) is 0 Å². The zero-order chi connectivity index (χ0) is 16.0. The molecule has 2 rings (SSSR count). The maximum absolute atomic E-state index is 11.9. The molecule has 22 heavy (non-hydrogen) atoms. The van der Waals surface area contributed by atoms with Crippen LogP contribution < -0.4 is 5.32 Å². The van der Waals surface area contributed by atoms with Gasteiger partial charge in [-0.05, 0) is 44.6 Å². The third-order valence-corrected chi connectivity index (χ3v) is 2.76. The third-order valence-electron chi connectivity index (χ3n) is 2.76. The number of hydrogen-bond donors (Lipinski definition) is 1. The SMILES string of the molecule is CC(C)(C)OC(=O)Nc1ccccc1[C]=Cc1ccccc1. The van der Waals surface area contributed by atoms with E-state index in [9.17, 15) is 4.79 Å². The van der Waals surface area contributed by atoms with Gasteiger partial charge in [0.25, 0.3) is 0 Å². The van der Waals surface area contributed by atoms with Crippen molar-refractivity contribution in [1.82, 2.24) is 0 Å². The molecular weight excluding hydrogens is 274 g/mol. The Morgan fingerprint density at radius 2 is 1.68 bits per heavy atom. The molecular formula is C19H20NO2. The molecule has 3 nitrogen and oxygen atoms in total. The Bertz CT molecular complexity index is 655. The van der Waals surface area contributed by atoms with Crippen molar-refractivity contribution >= 4 is 17.9 Å². The molecule has 0 fully saturated rings. The van der Waals surface area contributed by atoms with Gasteiger partial charge in [-0.2, -0.15) is 0 Å². The Labute approximate surface area is 131 Å². The zero-order valence-electron chi connectivity index (χ0n) is 13.1. The Kier molecular flexibility index (Phi) is 4.99. The molecule has 0 saturated carbocycles. The maximum atomic E-state index is 11.9. The van der Waals surface area contributed by atoms with E-state index in [0.29, 0.717) is 5.69 Å². The lowest BCUT2D eigenvalue weighted by Gasteiger charge is -2.20. The van der Waals surface area contributed by atoms with E-state index in [-0.39, 0.29) is 0 Å². The minimum absolute atomic E-state index is 0.471. The first-order chi connectivity index (χ1) is 10.4. The Hall–Kier alpha value is -2.55. The predicted octanol–water partition coefficient (Wildman–Crippen LogP) is 4.90. The lowest BCUT2D eigenvalue weighted by atomic mass is 10.1. The number of ether oxygens (including phenoxy) is 1. The maximum Gasteiger partial charge on any atom is 0.412 e. The first-order valence-corrected chi connectivity index (χ1v) is 7.18. The van der Waals surface area contributed by atoms with E-state index in [4.69, 9.17) is 4.74 Å². The number of carbonyl (C=O) groups is 1. The van der Waals surface area contributed by atoms with Gasteiger partial charge in [0, 0.05) is 5.56 Å². The topological polar surface area (TPSA) is 38.3 Å². The first kappa shape index (κ1) is 15.8. The molecule has 0 aliphatic heterocycles. The van der Waals surface area contributed by atoms with Crippen molar-refractivity contribution in [1.29, 1.82) is 0 Å². The van der Waals surface area contributed by atoms with Gasteiger partial charge >= 0.3 is 6.09 Å². The standard InChI is InChI=1S/C19H20NO2/c1-19(2,3)22-18(21)20-17-12-8-7-11-16(17)14-13-15-9-5-4-6-10-15/h4-13H,1-3H3,(H,20,21). The Balaban J connectivity index is 2.13. The van der Waals surface area contributed by atoms with Crippen LogP contribution >= 0.6 is 0 Å². The van der Waals surface area contributed by atoms with E-state index >= 15 is 0 Å². The van der Waals surface area contributed by atoms with Gasteiger partial charge < -0.3 is 4.74 Å². The minimum atomic E-state index is -0.525. The molecule has 0 atom stereocenters. The second-order valence-corrected chi connectivity index (χ2v) is 5.87. The summed E-state index contributed by atoms with van der Waals surface area (Å²) in [6, 6.07) is 17.4. The van der Waals surface area contributed by atoms with Gasteiger partial charge in [-0.1, -0.05) is 48.5 Å². The number of nitrogens with one attached hydrogen (secondary N) is 1. The van der Waals surface area contributed by atoms with E-state index in [1.165, 1.54) is 0 Å². The molecule has 0 aromatic heterocycles. The van der Waals surface area contributed by atoms with Gasteiger partial charge in [0.05, 0.1) is 5.69 Å². The van der Waals surface area contributed by atoms with Crippen molar-refractivity contribution in [3.05, 3.63) is 71.8 Å². The summed E-state index contributed by atoms with van der Waals surface area (Å²) in [5.74, 6) is 0. The minimum Gasteiger partial charge on any atom is -0.444 e. The van der Waals surface area contributed by atoms with E-state index in [1.54, 1.807) is 0 Å². The van der Waals surface area contributed by atoms with E-state index in [0.717, 1.165) is 11.1 Å². The number of rotatable bonds is 3. The normalized spacial score (nSPS) is 11.4. The molecule has 3 heteroatoms. The second kappa shape index (κ2) is 6.94. The van der Waals surface area contributed by atoms with Crippen LogP contribution in [0.2, 0.25) is 0 Å². The second-order valence-electron chi connectivity index (χ2n) is 5.87. The number of para-hydroxylation sites is 1. The first-order valence-electron chi connectivity index (χ1n) is 7.18. The van der Waals surface area contributed by atoms with Crippen LogP contribution in [0.15, 0.2) is 54.6 Å². The molecule has 113 valence electrons. The Morgan fingerprint density at radius 1 is 1.05 bits per heavy atom. The van der Waals surface area contributed by atoms with Crippen molar-refractivity contribution in [3.8, 4) is 0 Å². The van der Waals surface area contributed by atoms with Crippen molar-refractivity contribution in [2.24, 2.45) is 0 Å². The smallest absolute Gasteiger partial charge is 0.412 e. The number of hydrogen-bond acceptors (Lipinski definition) is 2. The number of benzene rings is 2. The lowest BCUT2D eigenvalue weighted by Crippen LogP contribution is -2.27. The molecule has 0 spiro atoms. The van der Waals surface area contributed by atoms with Gasteiger partial charge in [-0.3, -0.25) is 5.32 Å². The average molecular weight is 294 g/mol.